The molecule has 1 unspecified atom stereocenters. The number of benzene rings is 2. The first-order valence-electron chi connectivity index (χ1n) is 10.4. The zero-order chi connectivity index (χ0) is 23.5. The number of nitrogens with zero attached hydrogens (tertiary/aromatic N) is 3. The van der Waals surface area contributed by atoms with Gasteiger partial charge in [-0.1, -0.05) is 18.2 Å². The highest BCUT2D eigenvalue weighted by Gasteiger charge is 2.47. The molecule has 1 N–H and O–H groups in total. The van der Waals surface area contributed by atoms with Crippen LogP contribution in [-0.4, -0.2) is 27.9 Å². The zero-order valence-electron chi connectivity index (χ0n) is 18.1. The van der Waals surface area contributed by atoms with Gasteiger partial charge in [0, 0.05) is 17.4 Å². The van der Waals surface area contributed by atoms with E-state index in [4.69, 9.17) is 10.00 Å². The summed E-state index contributed by atoms with van der Waals surface area (Å²) in [6.07, 6.45) is 1.49. The number of nitriles is 1. The SMILES string of the molecule is CC(C)Oc1cccc(/C(O)=C2/C(=O)C(=O)N(c3ccc(C#N)cc3)C2c2ccccn2)c1. The molecule has 1 saturated heterocycles. The smallest absolute Gasteiger partial charge is 0.300 e. The van der Waals surface area contributed by atoms with Gasteiger partial charge in [-0.15, -0.1) is 0 Å². The largest absolute Gasteiger partial charge is 0.507 e. The molecule has 3 aromatic rings. The van der Waals surface area contributed by atoms with Crippen molar-refractivity contribution in [3.05, 3.63) is 95.3 Å². The van der Waals surface area contributed by atoms with Gasteiger partial charge >= 0.3 is 0 Å². The summed E-state index contributed by atoms with van der Waals surface area (Å²) in [6.45, 7) is 3.77. The van der Waals surface area contributed by atoms with Crippen molar-refractivity contribution < 1.29 is 19.4 Å². The number of rotatable bonds is 5. The monoisotopic (exact) mass is 439 g/mol. The maximum absolute atomic E-state index is 13.2. The van der Waals surface area contributed by atoms with Gasteiger partial charge in [0.15, 0.2) is 0 Å². The summed E-state index contributed by atoms with van der Waals surface area (Å²) >= 11 is 0. The third kappa shape index (κ3) is 4.19. The van der Waals surface area contributed by atoms with Crippen molar-refractivity contribution in [1.29, 1.82) is 5.26 Å². The average molecular weight is 439 g/mol. The minimum Gasteiger partial charge on any atom is -0.507 e. The van der Waals surface area contributed by atoms with Crippen LogP contribution in [-0.2, 0) is 9.59 Å². The Morgan fingerprint density at radius 1 is 1.09 bits per heavy atom. The summed E-state index contributed by atoms with van der Waals surface area (Å²) in [6, 6.07) is 19.3. The number of carbonyl (C=O) groups is 2. The number of ether oxygens (including phenoxy) is 1. The molecule has 0 spiro atoms. The second-order valence-corrected chi connectivity index (χ2v) is 7.78. The van der Waals surface area contributed by atoms with Crippen LogP contribution in [0, 0.1) is 11.3 Å². The number of hydrogen-bond acceptors (Lipinski definition) is 6. The summed E-state index contributed by atoms with van der Waals surface area (Å²) in [5.41, 5.74) is 1.56. The summed E-state index contributed by atoms with van der Waals surface area (Å²) in [4.78, 5) is 31.9. The van der Waals surface area contributed by atoms with Crippen LogP contribution in [0.2, 0.25) is 0 Å². The van der Waals surface area contributed by atoms with Crippen LogP contribution in [0.1, 0.15) is 36.7 Å². The van der Waals surface area contributed by atoms with E-state index < -0.39 is 17.7 Å². The van der Waals surface area contributed by atoms with E-state index in [2.05, 4.69) is 4.98 Å². The molecule has 1 aliphatic heterocycles. The van der Waals surface area contributed by atoms with Gasteiger partial charge in [-0.05, 0) is 62.4 Å². The second-order valence-electron chi connectivity index (χ2n) is 7.78. The molecule has 0 bridgehead atoms. The summed E-state index contributed by atoms with van der Waals surface area (Å²) in [7, 11) is 0. The Kier molecular flexibility index (Phi) is 5.92. The lowest BCUT2D eigenvalue weighted by Gasteiger charge is -2.24. The third-order valence-electron chi connectivity index (χ3n) is 5.17. The number of ketones is 1. The number of hydrogen-bond donors (Lipinski definition) is 1. The van der Waals surface area contributed by atoms with E-state index in [0.717, 1.165) is 0 Å². The number of aromatic nitrogens is 1. The molecule has 1 aromatic heterocycles. The number of carbonyl (C=O) groups excluding carboxylic acids is 2. The van der Waals surface area contributed by atoms with Crippen LogP contribution in [0.15, 0.2) is 78.5 Å². The van der Waals surface area contributed by atoms with Gasteiger partial charge in [-0.3, -0.25) is 19.5 Å². The standard InChI is InChI=1S/C26H21N3O4/c1-16(2)33-20-7-5-6-18(14-20)24(30)22-23(21-8-3-4-13-28-21)29(26(32)25(22)31)19-11-9-17(15-27)10-12-19/h3-14,16,23,30H,1-2H3/b24-22-. The molecule has 164 valence electrons. The van der Waals surface area contributed by atoms with Crippen molar-refractivity contribution in [3.63, 3.8) is 0 Å². The van der Waals surface area contributed by atoms with Crippen LogP contribution in [0.4, 0.5) is 5.69 Å². The Morgan fingerprint density at radius 2 is 1.85 bits per heavy atom. The Morgan fingerprint density at radius 3 is 2.48 bits per heavy atom. The van der Waals surface area contributed by atoms with Crippen molar-refractivity contribution in [2.45, 2.75) is 26.0 Å². The molecule has 1 atom stereocenters. The molecule has 2 heterocycles. The number of anilines is 1. The zero-order valence-corrected chi connectivity index (χ0v) is 18.1. The fourth-order valence-electron chi connectivity index (χ4n) is 3.76. The molecule has 33 heavy (non-hydrogen) atoms. The molecular weight excluding hydrogens is 418 g/mol. The topological polar surface area (TPSA) is 104 Å². The number of aliphatic hydroxyl groups is 1. The normalized spacial score (nSPS) is 17.3. The van der Waals surface area contributed by atoms with E-state index in [0.29, 0.717) is 28.3 Å². The van der Waals surface area contributed by atoms with E-state index in [1.807, 2.05) is 19.9 Å². The molecule has 4 rings (SSSR count). The van der Waals surface area contributed by atoms with Gasteiger partial charge in [0.05, 0.1) is 29.0 Å². The van der Waals surface area contributed by atoms with Crippen LogP contribution < -0.4 is 9.64 Å². The van der Waals surface area contributed by atoms with Crippen LogP contribution >= 0.6 is 0 Å². The molecular formula is C26H21N3O4. The second kappa shape index (κ2) is 8.97. The Hall–Kier alpha value is -4.44. The minimum absolute atomic E-state index is 0.0650. The lowest BCUT2D eigenvalue weighted by atomic mass is 9.98. The van der Waals surface area contributed by atoms with Gasteiger partial charge in [0.1, 0.15) is 17.6 Å². The predicted octanol–water partition coefficient (Wildman–Crippen LogP) is 4.37. The van der Waals surface area contributed by atoms with E-state index in [9.17, 15) is 14.7 Å². The molecule has 7 nitrogen and oxygen atoms in total. The van der Waals surface area contributed by atoms with Crippen LogP contribution in [0.3, 0.4) is 0 Å². The Labute approximate surface area is 191 Å². The van der Waals surface area contributed by atoms with Crippen molar-refractivity contribution >= 4 is 23.1 Å². The molecule has 0 radical (unpaired) electrons. The maximum Gasteiger partial charge on any atom is 0.300 e. The number of amides is 1. The van der Waals surface area contributed by atoms with Crippen molar-refractivity contribution in [2.75, 3.05) is 4.90 Å². The van der Waals surface area contributed by atoms with Crippen LogP contribution in [0.5, 0.6) is 5.75 Å². The third-order valence-corrected chi connectivity index (χ3v) is 5.17. The minimum atomic E-state index is -0.936. The first-order chi connectivity index (χ1) is 15.9. The molecule has 7 heteroatoms. The molecule has 1 fully saturated rings. The average Bonchev–Trinajstić information content (AvgIpc) is 3.09. The van der Waals surface area contributed by atoms with E-state index in [1.165, 1.54) is 4.90 Å². The molecule has 0 aliphatic carbocycles. The summed E-state index contributed by atoms with van der Waals surface area (Å²) in [5.74, 6) is -1.38. The summed E-state index contributed by atoms with van der Waals surface area (Å²) < 4.78 is 5.70. The lowest BCUT2D eigenvalue weighted by molar-refractivity contribution is -0.132. The fraction of sp³-hybridized carbons (Fsp3) is 0.154. The van der Waals surface area contributed by atoms with Gasteiger partial charge in [0.2, 0.25) is 0 Å². The lowest BCUT2D eigenvalue weighted by Crippen LogP contribution is -2.29. The first kappa shape index (κ1) is 21.8. The number of aliphatic hydroxyl groups excluding tert-OH is 1. The van der Waals surface area contributed by atoms with Gasteiger partial charge in [-0.2, -0.15) is 5.26 Å². The highest BCUT2D eigenvalue weighted by atomic mass is 16.5. The maximum atomic E-state index is 13.2. The molecule has 2 aromatic carbocycles. The van der Waals surface area contributed by atoms with E-state index >= 15 is 0 Å². The summed E-state index contributed by atoms with van der Waals surface area (Å²) in [5, 5.41) is 20.3. The van der Waals surface area contributed by atoms with Gasteiger partial charge in [-0.25, -0.2) is 0 Å². The predicted molar refractivity (Wildman–Crippen MR) is 122 cm³/mol. The van der Waals surface area contributed by atoms with Gasteiger partial charge < -0.3 is 9.84 Å². The van der Waals surface area contributed by atoms with E-state index in [1.54, 1.807) is 72.9 Å². The molecule has 1 amide bonds. The van der Waals surface area contributed by atoms with Gasteiger partial charge in [0.25, 0.3) is 11.7 Å². The molecule has 1 aliphatic rings. The van der Waals surface area contributed by atoms with Crippen molar-refractivity contribution in [3.8, 4) is 11.8 Å². The van der Waals surface area contributed by atoms with E-state index in [-0.39, 0.29) is 17.4 Å². The fourth-order valence-corrected chi connectivity index (χ4v) is 3.76. The Bertz CT molecular complexity index is 1270. The number of pyridine rings is 1. The van der Waals surface area contributed by atoms with Crippen molar-refractivity contribution in [2.24, 2.45) is 0 Å². The first-order valence-corrected chi connectivity index (χ1v) is 10.4. The van der Waals surface area contributed by atoms with Crippen molar-refractivity contribution in [1.82, 2.24) is 4.98 Å². The van der Waals surface area contributed by atoms with Crippen LogP contribution in [0.25, 0.3) is 5.76 Å². The highest BCUT2D eigenvalue weighted by Crippen LogP contribution is 2.41. The highest BCUT2D eigenvalue weighted by molar-refractivity contribution is 6.51. The number of Topliss-reactive ketones (excluding diaryl/α,β-unsaturated/α-hetero) is 1. The quantitative estimate of drug-likeness (QED) is 0.360. The molecule has 0 saturated carbocycles. The Balaban J connectivity index is 1.88.